The molecule has 0 amide bonds. The number of aliphatic hydroxyl groups excluding tert-OH is 1. The first-order valence-electron chi connectivity index (χ1n) is 10.6. The highest BCUT2D eigenvalue weighted by Crippen LogP contribution is 2.48. The van der Waals surface area contributed by atoms with E-state index in [9.17, 15) is 19.5 Å². The summed E-state index contributed by atoms with van der Waals surface area (Å²) in [6.07, 6.45) is 0.755. The van der Waals surface area contributed by atoms with E-state index in [-0.39, 0.29) is 48.8 Å². The number of hydrogen-bond acceptors (Lipinski definition) is 6. The predicted molar refractivity (Wildman–Crippen MR) is 116 cm³/mol. The molecule has 168 valence electrons. The molecule has 0 spiro atoms. The van der Waals surface area contributed by atoms with Crippen molar-refractivity contribution in [3.63, 3.8) is 0 Å². The summed E-state index contributed by atoms with van der Waals surface area (Å²) in [4.78, 5) is 39.2. The van der Waals surface area contributed by atoms with Crippen molar-refractivity contribution in [1.82, 2.24) is 0 Å². The number of methoxy groups -OCH3 is 2. The molecule has 1 saturated carbocycles. The Balaban J connectivity index is 2.17. The number of Topliss-reactive ketones (excluding diaryl/α,β-unsaturated/α-hetero) is 3. The summed E-state index contributed by atoms with van der Waals surface area (Å²) in [5, 5.41) is 10.9. The first kappa shape index (κ1) is 23.0. The molecule has 1 unspecified atom stereocenters. The Hall–Kier alpha value is -2.63. The van der Waals surface area contributed by atoms with Crippen molar-refractivity contribution in [2.45, 2.75) is 59.3 Å². The summed E-state index contributed by atoms with van der Waals surface area (Å²) >= 11 is 0. The fourth-order valence-corrected chi connectivity index (χ4v) is 4.85. The second kappa shape index (κ2) is 8.13. The van der Waals surface area contributed by atoms with Gasteiger partial charge in [0.15, 0.2) is 11.5 Å². The van der Waals surface area contributed by atoms with Crippen molar-refractivity contribution in [2.75, 3.05) is 14.2 Å². The summed E-state index contributed by atoms with van der Waals surface area (Å²) in [7, 11) is 3.04. The third kappa shape index (κ3) is 4.39. The van der Waals surface area contributed by atoms with Gasteiger partial charge in [0.25, 0.3) is 0 Å². The normalized spacial score (nSPS) is 22.5. The summed E-state index contributed by atoms with van der Waals surface area (Å²) in [6.45, 7) is 7.42. The summed E-state index contributed by atoms with van der Waals surface area (Å²) in [5.74, 6) is -0.891. The van der Waals surface area contributed by atoms with Crippen molar-refractivity contribution in [1.29, 1.82) is 0 Å². The van der Waals surface area contributed by atoms with Crippen LogP contribution in [0.3, 0.4) is 0 Å². The van der Waals surface area contributed by atoms with Gasteiger partial charge in [-0.1, -0.05) is 33.8 Å². The van der Waals surface area contributed by atoms with E-state index in [1.54, 1.807) is 32.0 Å². The Kier molecular flexibility index (Phi) is 6.05. The Bertz CT molecular complexity index is 933. The molecule has 1 N–H and O–H groups in total. The summed E-state index contributed by atoms with van der Waals surface area (Å²) in [5.41, 5.74) is 0.0346. The summed E-state index contributed by atoms with van der Waals surface area (Å²) < 4.78 is 10.8. The van der Waals surface area contributed by atoms with Crippen LogP contribution in [0.25, 0.3) is 0 Å². The van der Waals surface area contributed by atoms with Crippen LogP contribution < -0.4 is 9.47 Å². The Labute approximate surface area is 183 Å². The number of carbonyl (C=O) groups is 3. The zero-order valence-electron chi connectivity index (χ0n) is 19.2. The van der Waals surface area contributed by atoms with Gasteiger partial charge >= 0.3 is 0 Å². The lowest BCUT2D eigenvalue weighted by molar-refractivity contribution is -0.140. The molecule has 31 heavy (non-hydrogen) atoms. The number of carbonyl (C=O) groups excluding carboxylic acids is 3. The number of aliphatic hydroxyl groups is 1. The van der Waals surface area contributed by atoms with E-state index in [1.165, 1.54) is 14.2 Å². The third-order valence-corrected chi connectivity index (χ3v) is 6.56. The molecule has 0 saturated heterocycles. The first-order valence-corrected chi connectivity index (χ1v) is 10.6. The Morgan fingerprint density at radius 2 is 1.52 bits per heavy atom. The average molecular weight is 429 g/mol. The number of ether oxygens (including phenoxy) is 2. The van der Waals surface area contributed by atoms with Gasteiger partial charge in [-0.3, -0.25) is 14.4 Å². The number of ketones is 3. The van der Waals surface area contributed by atoms with Gasteiger partial charge in [0.05, 0.1) is 25.9 Å². The molecule has 0 aliphatic heterocycles. The van der Waals surface area contributed by atoms with Crippen molar-refractivity contribution >= 4 is 17.3 Å². The zero-order valence-corrected chi connectivity index (χ0v) is 19.2. The number of benzene rings is 1. The van der Waals surface area contributed by atoms with Gasteiger partial charge in [-0.15, -0.1) is 0 Å². The van der Waals surface area contributed by atoms with Crippen LogP contribution in [0.15, 0.2) is 29.5 Å². The minimum atomic E-state index is -0.933. The van der Waals surface area contributed by atoms with Crippen LogP contribution in [-0.2, 0) is 14.4 Å². The highest BCUT2D eigenvalue weighted by Gasteiger charge is 2.48. The second-order valence-corrected chi connectivity index (χ2v) is 10.2. The highest BCUT2D eigenvalue weighted by molar-refractivity contribution is 6.06. The second-order valence-electron chi connectivity index (χ2n) is 10.2. The average Bonchev–Trinajstić information content (AvgIpc) is 2.66. The van der Waals surface area contributed by atoms with E-state index in [0.717, 1.165) is 0 Å². The van der Waals surface area contributed by atoms with Gasteiger partial charge in [-0.25, -0.2) is 0 Å². The zero-order chi connectivity index (χ0) is 23.1. The van der Waals surface area contributed by atoms with Gasteiger partial charge in [0.1, 0.15) is 17.3 Å². The Morgan fingerprint density at radius 3 is 2.06 bits per heavy atom. The van der Waals surface area contributed by atoms with Crippen LogP contribution in [0.2, 0.25) is 0 Å². The van der Waals surface area contributed by atoms with Gasteiger partial charge in [-0.2, -0.15) is 0 Å². The van der Waals surface area contributed by atoms with E-state index < -0.39 is 22.7 Å². The summed E-state index contributed by atoms with van der Waals surface area (Å²) in [6, 6.07) is 5.22. The molecular formula is C25H32O6. The number of allylic oxidation sites excluding steroid dienone is 2. The number of rotatable bonds is 5. The molecule has 0 heterocycles. The van der Waals surface area contributed by atoms with E-state index in [0.29, 0.717) is 22.6 Å². The van der Waals surface area contributed by atoms with Crippen LogP contribution in [0, 0.1) is 16.7 Å². The van der Waals surface area contributed by atoms with Crippen molar-refractivity contribution in [3.05, 3.63) is 35.1 Å². The topological polar surface area (TPSA) is 89.9 Å². The van der Waals surface area contributed by atoms with E-state index in [4.69, 9.17) is 9.47 Å². The standard InChI is InChI=1S/C25H32O6/c1-24(2)11-17(27)23(18(28)12-24)22(14-7-8-19(30-5)20(9-14)31-6)15-10-21(29)25(3,4)13-16(15)26/h7-9,22-23,26H,10-13H2,1-6H3. The molecular weight excluding hydrogens is 396 g/mol. The predicted octanol–water partition coefficient (Wildman–Crippen LogP) is 4.56. The Morgan fingerprint density at radius 1 is 0.935 bits per heavy atom. The molecule has 2 aliphatic rings. The van der Waals surface area contributed by atoms with Gasteiger partial charge in [0, 0.05) is 37.0 Å². The van der Waals surface area contributed by atoms with Crippen LogP contribution in [0.4, 0.5) is 0 Å². The molecule has 1 atom stereocenters. The fraction of sp³-hybridized carbons (Fsp3) is 0.560. The molecule has 6 nitrogen and oxygen atoms in total. The molecule has 0 bridgehead atoms. The highest BCUT2D eigenvalue weighted by atomic mass is 16.5. The third-order valence-electron chi connectivity index (χ3n) is 6.56. The van der Waals surface area contributed by atoms with Gasteiger partial charge in [-0.05, 0) is 28.7 Å². The quantitative estimate of drug-likeness (QED) is 0.692. The molecule has 1 fully saturated rings. The van der Waals surface area contributed by atoms with E-state index in [1.807, 2.05) is 13.8 Å². The lowest BCUT2D eigenvalue weighted by atomic mass is 9.62. The maximum Gasteiger partial charge on any atom is 0.161 e. The molecule has 1 aromatic carbocycles. The number of hydrogen-bond donors (Lipinski definition) is 1. The van der Waals surface area contributed by atoms with Gasteiger partial charge < -0.3 is 14.6 Å². The minimum absolute atomic E-state index is 0.0122. The van der Waals surface area contributed by atoms with E-state index in [2.05, 4.69) is 0 Å². The molecule has 0 radical (unpaired) electrons. The maximum atomic E-state index is 13.2. The monoisotopic (exact) mass is 428 g/mol. The maximum absolute atomic E-state index is 13.2. The van der Waals surface area contributed by atoms with Crippen molar-refractivity contribution < 1.29 is 29.0 Å². The molecule has 3 rings (SSSR count). The van der Waals surface area contributed by atoms with Gasteiger partial charge in [0.2, 0.25) is 0 Å². The van der Waals surface area contributed by atoms with Crippen molar-refractivity contribution in [2.24, 2.45) is 16.7 Å². The van der Waals surface area contributed by atoms with E-state index >= 15 is 0 Å². The molecule has 0 aromatic heterocycles. The van der Waals surface area contributed by atoms with Crippen LogP contribution in [-0.4, -0.2) is 36.7 Å². The lowest BCUT2D eigenvalue weighted by Crippen LogP contribution is -2.42. The molecule has 1 aromatic rings. The smallest absolute Gasteiger partial charge is 0.161 e. The lowest BCUT2D eigenvalue weighted by Gasteiger charge is -2.39. The van der Waals surface area contributed by atoms with Crippen LogP contribution in [0.5, 0.6) is 11.5 Å². The van der Waals surface area contributed by atoms with Crippen LogP contribution >= 0.6 is 0 Å². The molecule has 6 heteroatoms. The first-order chi connectivity index (χ1) is 14.4. The van der Waals surface area contributed by atoms with Crippen LogP contribution in [0.1, 0.15) is 64.9 Å². The molecule has 2 aliphatic carbocycles. The minimum Gasteiger partial charge on any atom is -0.512 e. The largest absolute Gasteiger partial charge is 0.512 e. The SMILES string of the molecule is COc1ccc(C(C2=C(O)CC(C)(C)C(=O)C2)C2C(=O)CC(C)(C)CC2=O)cc1OC. The fourth-order valence-electron chi connectivity index (χ4n) is 4.85. The van der Waals surface area contributed by atoms with Crippen molar-refractivity contribution in [3.8, 4) is 11.5 Å².